The van der Waals surface area contributed by atoms with Crippen molar-refractivity contribution in [1.82, 2.24) is 10.6 Å². The number of aliphatic imine (C=N–C) groups is 1. The largest absolute Gasteiger partial charge is 0.493 e. The summed E-state index contributed by atoms with van der Waals surface area (Å²) in [5.74, 6) is 1.53. The Kier molecular flexibility index (Phi) is 8.60. The predicted molar refractivity (Wildman–Crippen MR) is 99.5 cm³/mol. The summed E-state index contributed by atoms with van der Waals surface area (Å²) in [6.45, 7) is 8.25. The fourth-order valence-electron chi connectivity index (χ4n) is 2.00. The first-order chi connectivity index (χ1) is 11.4. The van der Waals surface area contributed by atoms with Gasteiger partial charge in [-0.1, -0.05) is 19.1 Å². The van der Waals surface area contributed by atoms with Gasteiger partial charge in [0.2, 0.25) is 0 Å². The maximum absolute atomic E-state index is 11.2. The van der Waals surface area contributed by atoms with Gasteiger partial charge in [-0.25, -0.2) is 13.4 Å². The second-order valence-electron chi connectivity index (χ2n) is 5.71. The summed E-state index contributed by atoms with van der Waals surface area (Å²) in [5.41, 5.74) is 2.15. The van der Waals surface area contributed by atoms with Crippen LogP contribution in [0.4, 0.5) is 0 Å². The maximum atomic E-state index is 11.2. The normalized spacial score (nSPS) is 12.1. The number of hydrogen-bond acceptors (Lipinski definition) is 4. The predicted octanol–water partition coefficient (Wildman–Crippen LogP) is 1.88. The zero-order chi connectivity index (χ0) is 18.0. The van der Waals surface area contributed by atoms with E-state index in [1.54, 1.807) is 0 Å². The van der Waals surface area contributed by atoms with Gasteiger partial charge in [0.05, 0.1) is 18.9 Å². The number of aryl methyl sites for hydroxylation is 1. The van der Waals surface area contributed by atoms with Crippen molar-refractivity contribution in [2.24, 2.45) is 4.99 Å². The molecular formula is C17H29N3O3S. The fraction of sp³-hybridized carbons (Fsp3) is 0.588. The van der Waals surface area contributed by atoms with Crippen LogP contribution in [0.15, 0.2) is 23.2 Å². The fourth-order valence-corrected chi connectivity index (χ4v) is 2.47. The smallest absolute Gasteiger partial charge is 0.191 e. The lowest BCUT2D eigenvalue weighted by Gasteiger charge is -2.13. The zero-order valence-electron chi connectivity index (χ0n) is 15.1. The van der Waals surface area contributed by atoms with E-state index in [0.717, 1.165) is 23.3 Å². The summed E-state index contributed by atoms with van der Waals surface area (Å²) >= 11 is 0. The van der Waals surface area contributed by atoms with Crippen LogP contribution < -0.4 is 15.4 Å². The molecule has 0 aromatic heterocycles. The van der Waals surface area contributed by atoms with Crippen LogP contribution in [0, 0.1) is 6.92 Å². The monoisotopic (exact) mass is 355 g/mol. The Morgan fingerprint density at radius 3 is 2.62 bits per heavy atom. The molecule has 6 nitrogen and oxygen atoms in total. The third kappa shape index (κ3) is 8.19. The lowest BCUT2D eigenvalue weighted by Crippen LogP contribution is -2.39. The van der Waals surface area contributed by atoms with Crippen LogP contribution in [0.5, 0.6) is 5.75 Å². The Balaban J connectivity index is 2.77. The summed E-state index contributed by atoms with van der Waals surface area (Å²) in [5, 5.41) is 6.16. The van der Waals surface area contributed by atoms with Gasteiger partial charge in [0.1, 0.15) is 15.6 Å². The second kappa shape index (κ2) is 10.2. The molecule has 0 fully saturated rings. The number of hydrogen-bond donors (Lipinski definition) is 2. The quantitative estimate of drug-likeness (QED) is 0.522. The molecule has 0 saturated carbocycles. The van der Waals surface area contributed by atoms with Crippen LogP contribution in [-0.4, -0.2) is 46.1 Å². The minimum Gasteiger partial charge on any atom is -0.493 e. The third-order valence-electron chi connectivity index (χ3n) is 3.20. The lowest BCUT2D eigenvalue weighted by atomic mass is 10.1. The number of nitrogens with one attached hydrogen (secondary N) is 2. The Morgan fingerprint density at radius 2 is 2.00 bits per heavy atom. The zero-order valence-corrected chi connectivity index (χ0v) is 15.9. The summed E-state index contributed by atoms with van der Waals surface area (Å²) in [6.07, 6.45) is 2.18. The van der Waals surface area contributed by atoms with Gasteiger partial charge in [0.15, 0.2) is 5.96 Å². The molecule has 0 aliphatic heterocycles. The van der Waals surface area contributed by atoms with E-state index in [2.05, 4.69) is 22.5 Å². The van der Waals surface area contributed by atoms with Crippen LogP contribution in [-0.2, 0) is 16.4 Å². The molecule has 0 heterocycles. The van der Waals surface area contributed by atoms with Crippen molar-refractivity contribution < 1.29 is 13.2 Å². The first-order valence-corrected chi connectivity index (χ1v) is 10.3. The molecule has 2 N–H and O–H groups in total. The number of guanidine groups is 1. The summed E-state index contributed by atoms with van der Waals surface area (Å²) < 4.78 is 28.2. The topological polar surface area (TPSA) is 79.8 Å². The van der Waals surface area contributed by atoms with Crippen LogP contribution in [0.2, 0.25) is 0 Å². The Hall–Kier alpha value is -1.76. The number of ether oxygens (including phenoxy) is 1. The molecule has 0 saturated heterocycles. The van der Waals surface area contributed by atoms with Gasteiger partial charge in [-0.2, -0.15) is 0 Å². The average molecular weight is 356 g/mol. The Morgan fingerprint density at radius 1 is 1.25 bits per heavy atom. The van der Waals surface area contributed by atoms with E-state index in [9.17, 15) is 8.42 Å². The molecule has 0 aliphatic carbocycles. The highest BCUT2D eigenvalue weighted by molar-refractivity contribution is 7.90. The van der Waals surface area contributed by atoms with E-state index in [-0.39, 0.29) is 5.75 Å². The van der Waals surface area contributed by atoms with Crippen molar-refractivity contribution in [3.63, 3.8) is 0 Å². The van der Waals surface area contributed by atoms with Crippen LogP contribution in [0.25, 0.3) is 0 Å². The highest BCUT2D eigenvalue weighted by atomic mass is 32.2. The average Bonchev–Trinajstić information content (AvgIpc) is 2.50. The number of benzene rings is 1. The molecule has 0 bridgehead atoms. The van der Waals surface area contributed by atoms with Gasteiger partial charge in [0.25, 0.3) is 0 Å². The van der Waals surface area contributed by atoms with Crippen molar-refractivity contribution in [2.75, 3.05) is 31.7 Å². The van der Waals surface area contributed by atoms with Crippen molar-refractivity contribution >= 4 is 15.8 Å². The van der Waals surface area contributed by atoms with Crippen LogP contribution in [0.3, 0.4) is 0 Å². The Labute approximate surface area is 145 Å². The van der Waals surface area contributed by atoms with Crippen LogP contribution in [0.1, 0.15) is 31.4 Å². The maximum Gasteiger partial charge on any atom is 0.191 e. The highest BCUT2D eigenvalue weighted by Crippen LogP contribution is 2.21. The SMILES string of the molecule is CCCOc1cc(C)ccc1CN=C(NCC)NCCS(C)(=O)=O. The molecule has 1 aromatic carbocycles. The third-order valence-corrected chi connectivity index (χ3v) is 4.15. The van der Waals surface area contributed by atoms with Gasteiger partial charge in [-0.3, -0.25) is 0 Å². The summed E-state index contributed by atoms with van der Waals surface area (Å²) in [4.78, 5) is 4.52. The van der Waals surface area contributed by atoms with E-state index in [4.69, 9.17) is 4.74 Å². The molecule has 0 aliphatic rings. The van der Waals surface area contributed by atoms with E-state index in [1.165, 1.54) is 6.26 Å². The number of nitrogens with zero attached hydrogens (tertiary/aromatic N) is 1. The van der Waals surface area contributed by atoms with Crippen molar-refractivity contribution in [3.05, 3.63) is 29.3 Å². The molecule has 7 heteroatoms. The standard InChI is InChI=1S/C17H29N3O3S/c1-5-10-23-16-12-14(3)7-8-15(16)13-20-17(18-6-2)19-9-11-24(4,21)22/h7-8,12H,5-6,9-11,13H2,1-4H3,(H2,18,19,20). The second-order valence-corrected chi connectivity index (χ2v) is 7.97. The van der Waals surface area contributed by atoms with Crippen molar-refractivity contribution in [1.29, 1.82) is 0 Å². The van der Waals surface area contributed by atoms with Gasteiger partial charge in [0, 0.05) is 24.9 Å². The minimum absolute atomic E-state index is 0.0762. The minimum atomic E-state index is -2.99. The van der Waals surface area contributed by atoms with Crippen LogP contribution >= 0.6 is 0 Å². The number of rotatable bonds is 9. The van der Waals surface area contributed by atoms with Gasteiger partial charge in [-0.15, -0.1) is 0 Å². The molecular weight excluding hydrogens is 326 g/mol. The van der Waals surface area contributed by atoms with Gasteiger partial charge >= 0.3 is 0 Å². The van der Waals surface area contributed by atoms with Gasteiger partial charge < -0.3 is 15.4 Å². The summed E-state index contributed by atoms with van der Waals surface area (Å²) in [6, 6.07) is 6.07. The van der Waals surface area contributed by atoms with E-state index < -0.39 is 9.84 Å². The molecule has 1 aromatic rings. The molecule has 24 heavy (non-hydrogen) atoms. The molecule has 136 valence electrons. The van der Waals surface area contributed by atoms with Crippen molar-refractivity contribution in [3.8, 4) is 5.75 Å². The number of sulfone groups is 1. The van der Waals surface area contributed by atoms with E-state index in [1.807, 2.05) is 32.0 Å². The van der Waals surface area contributed by atoms with E-state index >= 15 is 0 Å². The van der Waals surface area contributed by atoms with Gasteiger partial charge in [-0.05, 0) is 31.9 Å². The van der Waals surface area contributed by atoms with E-state index in [0.29, 0.717) is 32.2 Å². The molecule has 0 spiro atoms. The molecule has 0 atom stereocenters. The molecule has 0 radical (unpaired) electrons. The molecule has 0 unspecified atom stereocenters. The first-order valence-electron chi connectivity index (χ1n) is 8.28. The van der Waals surface area contributed by atoms with Crippen molar-refractivity contribution in [2.45, 2.75) is 33.7 Å². The lowest BCUT2D eigenvalue weighted by molar-refractivity contribution is 0.314. The highest BCUT2D eigenvalue weighted by Gasteiger charge is 2.06. The molecule has 0 amide bonds. The summed E-state index contributed by atoms with van der Waals surface area (Å²) in [7, 11) is -2.99. The Bertz CT molecular complexity index is 642. The first kappa shape index (κ1) is 20.3. The molecule has 1 rings (SSSR count).